The molecule has 1 N–H and O–H groups in total. The van der Waals surface area contributed by atoms with E-state index in [4.69, 9.17) is 16.9 Å². The molecule has 0 aliphatic carbocycles. The second-order valence-electron chi connectivity index (χ2n) is 4.14. The molecule has 2 rings (SSSR count). The number of hydrogen-bond acceptors (Lipinski definition) is 5. The highest BCUT2D eigenvalue weighted by molar-refractivity contribution is 7.15. The van der Waals surface area contributed by atoms with Crippen molar-refractivity contribution in [1.29, 1.82) is 5.26 Å². The molecule has 1 aromatic heterocycles. The van der Waals surface area contributed by atoms with Gasteiger partial charge in [0.05, 0.1) is 5.02 Å². The number of rotatable bonds is 4. The molecule has 0 bridgehead atoms. The summed E-state index contributed by atoms with van der Waals surface area (Å²) in [5.41, 5.74) is 0.211. The van der Waals surface area contributed by atoms with Crippen molar-refractivity contribution in [3.8, 4) is 6.07 Å². The predicted octanol–water partition coefficient (Wildman–Crippen LogP) is 3.44. The van der Waals surface area contributed by atoms with E-state index in [0.717, 1.165) is 11.1 Å². The first-order valence-electron chi connectivity index (χ1n) is 6.24. The number of aryl methyl sites for hydroxylation is 1. The van der Waals surface area contributed by atoms with Gasteiger partial charge in [-0.3, -0.25) is 10.1 Å². The zero-order chi connectivity index (χ0) is 16.1. The lowest BCUT2D eigenvalue weighted by atomic mass is 10.1. The van der Waals surface area contributed by atoms with E-state index in [0.29, 0.717) is 17.1 Å². The summed E-state index contributed by atoms with van der Waals surface area (Å²) in [5, 5.41) is 20.5. The lowest BCUT2D eigenvalue weighted by Gasteiger charge is -2.01. The minimum Gasteiger partial charge on any atom is -0.296 e. The standard InChI is InChI=1S/C14H10ClFN4OS/c1-2-12-19-20-14(22-12)18-13(21)9(7-17)5-8-3-4-10(16)6-11(8)15/h3-6H,2H2,1H3,(H,18,20,21)/b9-5+. The summed E-state index contributed by atoms with van der Waals surface area (Å²) in [4.78, 5) is 12.0. The minimum atomic E-state index is -0.623. The van der Waals surface area contributed by atoms with E-state index in [9.17, 15) is 9.18 Å². The summed E-state index contributed by atoms with van der Waals surface area (Å²) in [5.74, 6) is -1.12. The maximum Gasteiger partial charge on any atom is 0.268 e. The van der Waals surface area contributed by atoms with Gasteiger partial charge < -0.3 is 0 Å². The number of carbonyl (C=O) groups is 1. The SMILES string of the molecule is CCc1nnc(NC(=O)/C(C#N)=C/c2ccc(F)cc2Cl)s1. The third kappa shape index (κ3) is 3.87. The summed E-state index contributed by atoms with van der Waals surface area (Å²) in [7, 11) is 0. The van der Waals surface area contributed by atoms with Crippen molar-refractivity contribution in [3.05, 3.63) is 45.2 Å². The second-order valence-corrected chi connectivity index (χ2v) is 5.61. The van der Waals surface area contributed by atoms with Gasteiger partial charge in [0.2, 0.25) is 5.13 Å². The molecule has 1 amide bonds. The van der Waals surface area contributed by atoms with Crippen molar-refractivity contribution >= 4 is 40.1 Å². The molecule has 1 aromatic carbocycles. The Morgan fingerprint density at radius 2 is 2.32 bits per heavy atom. The smallest absolute Gasteiger partial charge is 0.268 e. The highest BCUT2D eigenvalue weighted by Crippen LogP contribution is 2.21. The van der Waals surface area contributed by atoms with Gasteiger partial charge in [0.15, 0.2) is 0 Å². The Labute approximate surface area is 135 Å². The van der Waals surface area contributed by atoms with Crippen LogP contribution in [0, 0.1) is 17.1 Å². The fourth-order valence-corrected chi connectivity index (χ4v) is 2.43. The molecule has 0 unspecified atom stereocenters. The topological polar surface area (TPSA) is 78.7 Å². The van der Waals surface area contributed by atoms with Gasteiger partial charge in [-0.15, -0.1) is 10.2 Å². The lowest BCUT2D eigenvalue weighted by Crippen LogP contribution is -2.13. The quantitative estimate of drug-likeness (QED) is 0.685. The molecule has 8 heteroatoms. The predicted molar refractivity (Wildman–Crippen MR) is 82.9 cm³/mol. The third-order valence-corrected chi connectivity index (χ3v) is 3.93. The van der Waals surface area contributed by atoms with Crippen molar-refractivity contribution in [3.63, 3.8) is 0 Å². The lowest BCUT2D eigenvalue weighted by molar-refractivity contribution is -0.112. The number of aromatic nitrogens is 2. The van der Waals surface area contributed by atoms with Gasteiger partial charge in [-0.1, -0.05) is 35.9 Å². The van der Waals surface area contributed by atoms with Crippen LogP contribution in [0.2, 0.25) is 5.02 Å². The van der Waals surface area contributed by atoms with Gasteiger partial charge >= 0.3 is 0 Å². The fraction of sp³-hybridized carbons (Fsp3) is 0.143. The number of benzene rings is 1. The molecule has 0 radical (unpaired) electrons. The zero-order valence-electron chi connectivity index (χ0n) is 11.4. The number of anilines is 1. The number of amides is 1. The highest BCUT2D eigenvalue weighted by Gasteiger charge is 2.13. The van der Waals surface area contributed by atoms with E-state index in [1.807, 2.05) is 6.92 Å². The van der Waals surface area contributed by atoms with Crippen molar-refractivity contribution in [1.82, 2.24) is 10.2 Å². The number of carbonyl (C=O) groups excluding carboxylic acids is 1. The molecule has 22 heavy (non-hydrogen) atoms. The number of halogens is 2. The zero-order valence-corrected chi connectivity index (χ0v) is 13.0. The van der Waals surface area contributed by atoms with E-state index in [2.05, 4.69) is 15.5 Å². The van der Waals surface area contributed by atoms with Crippen LogP contribution in [0.5, 0.6) is 0 Å². The van der Waals surface area contributed by atoms with Crippen LogP contribution in [0.4, 0.5) is 9.52 Å². The number of hydrogen-bond donors (Lipinski definition) is 1. The monoisotopic (exact) mass is 336 g/mol. The van der Waals surface area contributed by atoms with E-state index in [-0.39, 0.29) is 10.6 Å². The Balaban J connectivity index is 2.21. The maximum atomic E-state index is 13.0. The Hall–Kier alpha value is -2.30. The van der Waals surface area contributed by atoms with Gasteiger partial charge in [0, 0.05) is 0 Å². The Morgan fingerprint density at radius 3 is 2.91 bits per heavy atom. The average Bonchev–Trinajstić information content (AvgIpc) is 2.94. The van der Waals surface area contributed by atoms with Gasteiger partial charge in [0.25, 0.3) is 5.91 Å². The van der Waals surface area contributed by atoms with Gasteiger partial charge in [0.1, 0.15) is 22.5 Å². The largest absolute Gasteiger partial charge is 0.296 e. The molecular formula is C14H10ClFN4OS. The molecule has 0 saturated heterocycles. The number of nitriles is 1. The second kappa shape index (κ2) is 7.11. The number of nitrogens with zero attached hydrogens (tertiary/aromatic N) is 3. The van der Waals surface area contributed by atoms with Crippen LogP contribution in [0.3, 0.4) is 0 Å². The first-order chi connectivity index (χ1) is 10.5. The summed E-state index contributed by atoms with van der Waals surface area (Å²) < 4.78 is 13.0. The van der Waals surface area contributed by atoms with Crippen molar-refractivity contribution in [2.45, 2.75) is 13.3 Å². The minimum absolute atomic E-state index is 0.115. The Morgan fingerprint density at radius 1 is 1.55 bits per heavy atom. The van der Waals surface area contributed by atoms with Crippen LogP contribution in [0.1, 0.15) is 17.5 Å². The van der Waals surface area contributed by atoms with Crippen molar-refractivity contribution in [2.75, 3.05) is 5.32 Å². The van der Waals surface area contributed by atoms with E-state index < -0.39 is 11.7 Å². The van der Waals surface area contributed by atoms with E-state index in [1.54, 1.807) is 6.07 Å². The number of nitrogens with one attached hydrogen (secondary N) is 1. The molecule has 2 aromatic rings. The van der Waals surface area contributed by atoms with Crippen molar-refractivity contribution in [2.24, 2.45) is 0 Å². The first-order valence-corrected chi connectivity index (χ1v) is 7.43. The third-order valence-electron chi connectivity index (χ3n) is 2.62. The van der Waals surface area contributed by atoms with E-state index >= 15 is 0 Å². The van der Waals surface area contributed by atoms with Crippen LogP contribution in [-0.2, 0) is 11.2 Å². The molecule has 0 aliphatic rings. The summed E-state index contributed by atoms with van der Waals surface area (Å²) in [6.07, 6.45) is 2.00. The van der Waals surface area contributed by atoms with Gasteiger partial charge in [-0.05, 0) is 30.2 Å². The normalized spacial score (nSPS) is 11.1. The highest BCUT2D eigenvalue weighted by atomic mass is 35.5. The van der Waals surface area contributed by atoms with Gasteiger partial charge in [-0.2, -0.15) is 5.26 Å². The van der Waals surface area contributed by atoms with E-state index in [1.165, 1.54) is 29.5 Å². The maximum absolute atomic E-state index is 13.0. The van der Waals surface area contributed by atoms with Crippen LogP contribution in [-0.4, -0.2) is 16.1 Å². The van der Waals surface area contributed by atoms with Crippen LogP contribution >= 0.6 is 22.9 Å². The molecule has 0 atom stereocenters. The summed E-state index contributed by atoms with van der Waals surface area (Å²) >= 11 is 7.11. The first kappa shape index (κ1) is 16.1. The molecule has 1 heterocycles. The molecule has 112 valence electrons. The molecule has 0 saturated carbocycles. The summed E-state index contributed by atoms with van der Waals surface area (Å²) in [6, 6.07) is 5.48. The van der Waals surface area contributed by atoms with Gasteiger partial charge in [-0.25, -0.2) is 4.39 Å². The molecular weight excluding hydrogens is 327 g/mol. The Bertz CT molecular complexity index is 781. The molecule has 0 spiro atoms. The van der Waals surface area contributed by atoms with Crippen LogP contribution in [0.15, 0.2) is 23.8 Å². The summed E-state index contributed by atoms with van der Waals surface area (Å²) in [6.45, 7) is 1.92. The average molecular weight is 337 g/mol. The van der Waals surface area contributed by atoms with Crippen LogP contribution < -0.4 is 5.32 Å². The molecule has 0 fully saturated rings. The molecule has 5 nitrogen and oxygen atoms in total. The molecule has 0 aliphatic heterocycles. The fourth-order valence-electron chi connectivity index (χ4n) is 1.53. The Kier molecular flexibility index (Phi) is 5.20. The van der Waals surface area contributed by atoms with Crippen LogP contribution in [0.25, 0.3) is 6.08 Å². The van der Waals surface area contributed by atoms with Crippen molar-refractivity contribution < 1.29 is 9.18 Å².